The summed E-state index contributed by atoms with van der Waals surface area (Å²) in [7, 11) is 0. The van der Waals surface area contributed by atoms with E-state index in [2.05, 4.69) is 27.1 Å². The Kier molecular flexibility index (Phi) is 5.31. The molecule has 174 valence electrons. The molecule has 2 heterocycles. The number of ether oxygens (including phenoxy) is 1. The third kappa shape index (κ3) is 3.79. The van der Waals surface area contributed by atoms with Crippen molar-refractivity contribution in [2.75, 3.05) is 5.32 Å². The van der Waals surface area contributed by atoms with Crippen LogP contribution in [0.2, 0.25) is 0 Å². The summed E-state index contributed by atoms with van der Waals surface area (Å²) in [5.74, 6) is 4.22. The van der Waals surface area contributed by atoms with Crippen LogP contribution in [0.1, 0.15) is 41.4 Å². The number of carbonyl (C=O) groups is 1. The van der Waals surface area contributed by atoms with Crippen molar-refractivity contribution in [3.8, 4) is 11.8 Å². The van der Waals surface area contributed by atoms with E-state index in [1.807, 2.05) is 0 Å². The maximum atomic E-state index is 14.9. The van der Waals surface area contributed by atoms with Gasteiger partial charge in [0.25, 0.3) is 18.4 Å². The van der Waals surface area contributed by atoms with Crippen molar-refractivity contribution in [3.63, 3.8) is 0 Å². The van der Waals surface area contributed by atoms with Crippen LogP contribution in [0.4, 0.5) is 18.9 Å². The Balaban J connectivity index is 1.43. The summed E-state index contributed by atoms with van der Waals surface area (Å²) >= 11 is 0. The molecule has 3 aliphatic rings. The SMILES string of the molecule is CC1=CC2C1OC(N)=NC2(c1cc(NC(=O)c2ccc(C#CC3CC3)cn2)ccc1F)C(F)F. The second kappa shape index (κ2) is 8.20. The fraction of sp³-hybridized carbons (Fsp3) is 0.320. The van der Waals surface area contributed by atoms with Gasteiger partial charge in [-0.15, -0.1) is 0 Å². The molecule has 2 aliphatic carbocycles. The van der Waals surface area contributed by atoms with Crippen LogP contribution in [0.3, 0.4) is 0 Å². The van der Waals surface area contributed by atoms with Crippen molar-refractivity contribution in [1.29, 1.82) is 0 Å². The highest BCUT2D eigenvalue weighted by Gasteiger charge is 2.59. The minimum atomic E-state index is -3.07. The van der Waals surface area contributed by atoms with Crippen LogP contribution in [0.5, 0.6) is 0 Å². The van der Waals surface area contributed by atoms with Crippen LogP contribution < -0.4 is 11.1 Å². The number of amidine groups is 1. The van der Waals surface area contributed by atoms with Gasteiger partial charge in [-0.25, -0.2) is 23.1 Å². The Bertz CT molecular complexity index is 1280. The summed E-state index contributed by atoms with van der Waals surface area (Å²) in [6.45, 7) is 1.72. The number of carbonyl (C=O) groups excluding carboxylic acids is 1. The number of halogens is 3. The normalized spacial score (nSPS) is 25.1. The van der Waals surface area contributed by atoms with Crippen LogP contribution in [0, 0.1) is 29.5 Å². The molecule has 1 aromatic carbocycles. The topological polar surface area (TPSA) is 89.6 Å². The first kappa shape index (κ1) is 22.0. The van der Waals surface area contributed by atoms with E-state index in [9.17, 15) is 18.0 Å². The Morgan fingerprint density at radius 2 is 2.09 bits per heavy atom. The molecule has 3 atom stereocenters. The fourth-order valence-corrected chi connectivity index (χ4v) is 4.24. The van der Waals surface area contributed by atoms with Gasteiger partial charge in [0.15, 0.2) is 5.54 Å². The van der Waals surface area contributed by atoms with Crippen LogP contribution >= 0.6 is 0 Å². The van der Waals surface area contributed by atoms with Crippen LogP contribution in [-0.2, 0) is 10.3 Å². The first-order valence-electron chi connectivity index (χ1n) is 10.9. The number of nitrogens with two attached hydrogens (primary N) is 1. The number of aliphatic imine (C=N–C) groups is 1. The summed E-state index contributed by atoms with van der Waals surface area (Å²) in [5.41, 5.74) is 4.69. The van der Waals surface area contributed by atoms with Gasteiger partial charge in [0.2, 0.25) is 0 Å². The average Bonchev–Trinajstić information content (AvgIpc) is 3.64. The number of benzene rings is 1. The Hall–Kier alpha value is -3.80. The molecular formula is C25H21F3N4O2. The Labute approximate surface area is 194 Å². The molecule has 3 unspecified atom stereocenters. The highest BCUT2D eigenvalue weighted by molar-refractivity contribution is 6.02. The van der Waals surface area contributed by atoms with E-state index in [0.717, 1.165) is 25.0 Å². The van der Waals surface area contributed by atoms with Gasteiger partial charge in [0.1, 0.15) is 17.6 Å². The molecule has 5 rings (SSSR count). The molecule has 9 heteroatoms. The Morgan fingerprint density at radius 3 is 2.74 bits per heavy atom. The number of hydrogen-bond donors (Lipinski definition) is 2. The third-order valence-corrected chi connectivity index (χ3v) is 6.25. The molecule has 1 saturated carbocycles. The lowest BCUT2D eigenvalue weighted by molar-refractivity contribution is -0.0329. The smallest absolute Gasteiger partial charge is 0.283 e. The molecule has 1 aliphatic heterocycles. The number of fused-ring (bicyclic) bond motifs is 1. The van der Waals surface area contributed by atoms with Gasteiger partial charge >= 0.3 is 0 Å². The van der Waals surface area contributed by atoms with E-state index in [-0.39, 0.29) is 16.9 Å². The van der Waals surface area contributed by atoms with Gasteiger partial charge in [-0.2, -0.15) is 0 Å². The zero-order chi connectivity index (χ0) is 24.0. The third-order valence-electron chi connectivity index (χ3n) is 6.25. The van der Waals surface area contributed by atoms with Crippen molar-refractivity contribution in [2.24, 2.45) is 22.6 Å². The molecule has 1 amide bonds. The largest absolute Gasteiger partial charge is 0.457 e. The summed E-state index contributed by atoms with van der Waals surface area (Å²) in [6.07, 6.45) is 1.50. The van der Waals surface area contributed by atoms with E-state index < -0.39 is 41.7 Å². The van der Waals surface area contributed by atoms with Gasteiger partial charge in [-0.1, -0.05) is 17.9 Å². The number of pyridine rings is 1. The molecule has 2 aromatic rings. The first-order valence-corrected chi connectivity index (χ1v) is 10.9. The van der Waals surface area contributed by atoms with E-state index in [0.29, 0.717) is 17.1 Å². The van der Waals surface area contributed by atoms with Crippen molar-refractivity contribution in [2.45, 2.75) is 37.8 Å². The molecule has 1 fully saturated rings. The van der Waals surface area contributed by atoms with Gasteiger partial charge in [0, 0.05) is 28.9 Å². The van der Waals surface area contributed by atoms with Crippen LogP contribution in [0.15, 0.2) is 53.2 Å². The van der Waals surface area contributed by atoms with Gasteiger partial charge in [0.05, 0.1) is 5.92 Å². The number of rotatable bonds is 4. The number of anilines is 1. The molecule has 0 saturated heterocycles. The molecule has 34 heavy (non-hydrogen) atoms. The fourth-order valence-electron chi connectivity index (χ4n) is 4.24. The minimum absolute atomic E-state index is 0.109. The number of nitrogens with zero attached hydrogens (tertiary/aromatic N) is 2. The lowest BCUT2D eigenvalue weighted by atomic mass is 9.67. The predicted molar refractivity (Wildman–Crippen MR) is 120 cm³/mol. The predicted octanol–water partition coefficient (Wildman–Crippen LogP) is 3.98. The summed E-state index contributed by atoms with van der Waals surface area (Å²) in [4.78, 5) is 20.7. The molecular weight excluding hydrogens is 445 g/mol. The lowest BCUT2D eigenvalue weighted by Gasteiger charge is -2.48. The standard InChI is InChI=1S/C25H21F3N4O2/c1-13-10-18-21(13)34-24(29)32-25(18,23(27)28)17-11-16(7-8-19(17)26)31-22(33)20-9-6-15(12-30-20)5-4-14-2-3-14/h6-12,14,18,21,23H,2-3H2,1H3,(H2,29,32)(H,31,33). The summed E-state index contributed by atoms with van der Waals surface area (Å²) < 4.78 is 49.3. The van der Waals surface area contributed by atoms with Crippen LogP contribution in [0.25, 0.3) is 0 Å². The quantitative estimate of drug-likeness (QED) is 0.527. The highest BCUT2D eigenvalue weighted by Crippen LogP contribution is 2.52. The maximum absolute atomic E-state index is 14.9. The molecule has 0 radical (unpaired) electrons. The number of hydrogen-bond acceptors (Lipinski definition) is 5. The van der Waals surface area contributed by atoms with Gasteiger partial charge in [-0.3, -0.25) is 4.79 Å². The number of alkyl halides is 2. The lowest BCUT2D eigenvalue weighted by Crippen LogP contribution is -2.56. The Morgan fingerprint density at radius 1 is 1.29 bits per heavy atom. The molecule has 0 spiro atoms. The van der Waals surface area contributed by atoms with E-state index in [1.165, 1.54) is 18.3 Å². The summed E-state index contributed by atoms with van der Waals surface area (Å²) in [6, 6.07) is 6.24. The zero-order valence-electron chi connectivity index (χ0n) is 18.2. The monoisotopic (exact) mass is 466 g/mol. The second-order valence-corrected chi connectivity index (χ2v) is 8.68. The second-order valence-electron chi connectivity index (χ2n) is 8.68. The van der Waals surface area contributed by atoms with Gasteiger partial charge in [-0.05, 0) is 55.7 Å². The molecule has 3 N–H and O–H groups in total. The number of amides is 1. The van der Waals surface area contributed by atoms with E-state index >= 15 is 0 Å². The zero-order valence-corrected chi connectivity index (χ0v) is 18.2. The summed E-state index contributed by atoms with van der Waals surface area (Å²) in [5, 5.41) is 2.59. The van der Waals surface area contributed by atoms with Crippen LogP contribution in [-0.4, -0.2) is 29.4 Å². The molecule has 0 bridgehead atoms. The van der Waals surface area contributed by atoms with Crippen molar-refractivity contribution >= 4 is 17.6 Å². The molecule has 6 nitrogen and oxygen atoms in total. The van der Waals surface area contributed by atoms with Gasteiger partial charge < -0.3 is 15.8 Å². The number of nitrogens with one attached hydrogen (secondary N) is 1. The van der Waals surface area contributed by atoms with Crippen molar-refractivity contribution < 1.29 is 22.7 Å². The van der Waals surface area contributed by atoms with E-state index in [1.54, 1.807) is 19.1 Å². The van der Waals surface area contributed by atoms with E-state index in [4.69, 9.17) is 10.5 Å². The first-order chi connectivity index (χ1) is 16.3. The number of aromatic nitrogens is 1. The minimum Gasteiger partial charge on any atom is -0.457 e. The van der Waals surface area contributed by atoms with Crippen molar-refractivity contribution in [1.82, 2.24) is 4.98 Å². The highest BCUT2D eigenvalue weighted by atomic mass is 19.3. The molecule has 1 aromatic heterocycles. The average molecular weight is 466 g/mol. The van der Waals surface area contributed by atoms with Crippen molar-refractivity contribution in [3.05, 3.63) is 70.8 Å². The maximum Gasteiger partial charge on any atom is 0.283 e.